The van der Waals surface area contributed by atoms with E-state index in [0.29, 0.717) is 5.92 Å². The maximum absolute atomic E-state index is 11.1. The lowest BCUT2D eigenvalue weighted by atomic mass is 9.84. The van der Waals surface area contributed by atoms with Crippen LogP contribution >= 0.6 is 0 Å². The van der Waals surface area contributed by atoms with Crippen molar-refractivity contribution in [2.24, 2.45) is 5.92 Å². The quantitative estimate of drug-likeness (QED) is 0.707. The van der Waals surface area contributed by atoms with Gasteiger partial charge >= 0.3 is 0 Å². The molecule has 0 aliphatic carbocycles. The summed E-state index contributed by atoms with van der Waals surface area (Å²) in [6, 6.07) is 9.98. The lowest BCUT2D eigenvalue weighted by Gasteiger charge is -2.26. The van der Waals surface area contributed by atoms with E-state index in [1.54, 1.807) is 0 Å². The molecule has 2 rings (SSSR count). The van der Waals surface area contributed by atoms with Crippen molar-refractivity contribution in [3.8, 4) is 0 Å². The summed E-state index contributed by atoms with van der Waals surface area (Å²) < 4.78 is 5.43. The van der Waals surface area contributed by atoms with Crippen molar-refractivity contribution in [1.82, 2.24) is 0 Å². The second-order valence-electron chi connectivity index (χ2n) is 4.05. The summed E-state index contributed by atoms with van der Waals surface area (Å²) in [5, 5.41) is 0. The molecule has 80 valence electrons. The van der Waals surface area contributed by atoms with E-state index in [1.807, 2.05) is 30.3 Å². The number of carbonyl (C=O) groups is 1. The minimum atomic E-state index is 0.00602. The topological polar surface area (TPSA) is 26.3 Å². The van der Waals surface area contributed by atoms with E-state index in [1.165, 1.54) is 0 Å². The van der Waals surface area contributed by atoms with Gasteiger partial charge in [-0.2, -0.15) is 0 Å². The standard InChI is InChI=1S/C13H16O2/c14-9-13(11-5-2-1-3-6-11)12-7-4-8-15-10-12/h1-3,5-6,9,12-13H,4,7-8,10H2. The first-order chi connectivity index (χ1) is 7.42. The first-order valence-corrected chi connectivity index (χ1v) is 5.50. The van der Waals surface area contributed by atoms with Gasteiger partial charge in [0.2, 0.25) is 0 Å². The van der Waals surface area contributed by atoms with Crippen LogP contribution in [0.3, 0.4) is 0 Å². The van der Waals surface area contributed by atoms with E-state index < -0.39 is 0 Å². The number of carbonyl (C=O) groups excluding carboxylic acids is 1. The highest BCUT2D eigenvalue weighted by Crippen LogP contribution is 2.28. The van der Waals surface area contributed by atoms with Crippen LogP contribution in [0.2, 0.25) is 0 Å². The Kier molecular flexibility index (Phi) is 3.51. The van der Waals surface area contributed by atoms with E-state index in [4.69, 9.17) is 4.74 Å². The van der Waals surface area contributed by atoms with Crippen molar-refractivity contribution in [1.29, 1.82) is 0 Å². The van der Waals surface area contributed by atoms with Crippen molar-refractivity contribution in [3.05, 3.63) is 35.9 Å². The van der Waals surface area contributed by atoms with Crippen LogP contribution < -0.4 is 0 Å². The second-order valence-corrected chi connectivity index (χ2v) is 4.05. The summed E-state index contributed by atoms with van der Waals surface area (Å²) in [5.74, 6) is 0.366. The van der Waals surface area contributed by atoms with Crippen molar-refractivity contribution in [2.45, 2.75) is 18.8 Å². The second kappa shape index (κ2) is 5.08. The highest BCUT2D eigenvalue weighted by atomic mass is 16.5. The molecule has 15 heavy (non-hydrogen) atoms. The molecule has 1 saturated heterocycles. The van der Waals surface area contributed by atoms with Crippen LogP contribution in [0.25, 0.3) is 0 Å². The highest BCUT2D eigenvalue weighted by molar-refractivity contribution is 5.62. The molecule has 0 spiro atoms. The number of ether oxygens (including phenoxy) is 1. The molecule has 1 fully saturated rings. The molecule has 2 atom stereocenters. The summed E-state index contributed by atoms with van der Waals surface area (Å²) in [5.41, 5.74) is 1.11. The van der Waals surface area contributed by atoms with Gasteiger partial charge in [-0.3, -0.25) is 0 Å². The molecule has 0 amide bonds. The number of rotatable bonds is 3. The van der Waals surface area contributed by atoms with Gasteiger partial charge in [0, 0.05) is 12.5 Å². The predicted octanol–water partition coefficient (Wildman–Crippen LogP) is 2.40. The SMILES string of the molecule is O=CC(c1ccccc1)C1CCCOC1. The molecule has 1 aromatic rings. The van der Waals surface area contributed by atoms with E-state index in [-0.39, 0.29) is 5.92 Å². The molecule has 2 nitrogen and oxygen atoms in total. The van der Waals surface area contributed by atoms with Gasteiger partial charge in [-0.25, -0.2) is 0 Å². The van der Waals surface area contributed by atoms with Crippen LogP contribution in [-0.2, 0) is 9.53 Å². The molecule has 0 aromatic heterocycles. The van der Waals surface area contributed by atoms with E-state index in [2.05, 4.69) is 0 Å². The predicted molar refractivity (Wildman–Crippen MR) is 58.8 cm³/mol. The lowest BCUT2D eigenvalue weighted by Crippen LogP contribution is -2.24. The van der Waals surface area contributed by atoms with Crippen molar-refractivity contribution in [2.75, 3.05) is 13.2 Å². The van der Waals surface area contributed by atoms with Gasteiger partial charge in [0.15, 0.2) is 0 Å². The fourth-order valence-electron chi connectivity index (χ4n) is 2.19. The molecule has 1 aliphatic rings. The minimum absolute atomic E-state index is 0.00602. The fraction of sp³-hybridized carbons (Fsp3) is 0.462. The fourth-order valence-corrected chi connectivity index (χ4v) is 2.19. The highest BCUT2D eigenvalue weighted by Gasteiger charge is 2.24. The molecule has 0 saturated carbocycles. The third-order valence-corrected chi connectivity index (χ3v) is 3.03. The molecule has 0 radical (unpaired) electrons. The summed E-state index contributed by atoms with van der Waals surface area (Å²) in [4.78, 5) is 11.1. The van der Waals surface area contributed by atoms with Crippen LogP contribution in [0.15, 0.2) is 30.3 Å². The van der Waals surface area contributed by atoms with Crippen LogP contribution in [0.5, 0.6) is 0 Å². The number of hydrogen-bond donors (Lipinski definition) is 0. The maximum Gasteiger partial charge on any atom is 0.127 e. The molecule has 1 aliphatic heterocycles. The zero-order valence-corrected chi connectivity index (χ0v) is 8.76. The third-order valence-electron chi connectivity index (χ3n) is 3.03. The number of aldehydes is 1. The average Bonchev–Trinajstić information content (AvgIpc) is 2.33. The lowest BCUT2D eigenvalue weighted by molar-refractivity contribution is -0.111. The molecule has 2 unspecified atom stereocenters. The molecule has 0 bridgehead atoms. The normalized spacial score (nSPS) is 23.3. The summed E-state index contributed by atoms with van der Waals surface area (Å²) in [7, 11) is 0. The summed E-state index contributed by atoms with van der Waals surface area (Å²) in [6.07, 6.45) is 3.23. The Morgan fingerprint density at radius 2 is 2.13 bits per heavy atom. The van der Waals surface area contributed by atoms with Gasteiger partial charge in [-0.05, 0) is 24.3 Å². The molecule has 0 N–H and O–H groups in total. The Labute approximate surface area is 90.3 Å². The van der Waals surface area contributed by atoms with Crippen molar-refractivity contribution < 1.29 is 9.53 Å². The third kappa shape index (κ3) is 2.45. The monoisotopic (exact) mass is 204 g/mol. The Bertz CT molecular complexity index is 302. The summed E-state index contributed by atoms with van der Waals surface area (Å²) >= 11 is 0. The van der Waals surface area contributed by atoms with E-state index in [9.17, 15) is 4.79 Å². The van der Waals surface area contributed by atoms with E-state index >= 15 is 0 Å². The number of benzene rings is 1. The van der Waals surface area contributed by atoms with Gasteiger partial charge < -0.3 is 9.53 Å². The number of hydrogen-bond acceptors (Lipinski definition) is 2. The molecular weight excluding hydrogens is 188 g/mol. The van der Waals surface area contributed by atoms with Crippen LogP contribution in [0, 0.1) is 5.92 Å². The maximum atomic E-state index is 11.1. The Balaban J connectivity index is 2.12. The largest absolute Gasteiger partial charge is 0.381 e. The first-order valence-electron chi connectivity index (χ1n) is 5.50. The Morgan fingerprint density at radius 3 is 2.73 bits per heavy atom. The summed E-state index contributed by atoms with van der Waals surface area (Å²) in [6.45, 7) is 1.56. The van der Waals surface area contributed by atoms with Gasteiger partial charge in [-0.15, -0.1) is 0 Å². The first kappa shape index (κ1) is 10.4. The smallest absolute Gasteiger partial charge is 0.127 e. The molecule has 2 heteroatoms. The van der Waals surface area contributed by atoms with Crippen molar-refractivity contribution in [3.63, 3.8) is 0 Å². The van der Waals surface area contributed by atoms with Gasteiger partial charge in [0.05, 0.1) is 6.61 Å². The minimum Gasteiger partial charge on any atom is -0.381 e. The van der Waals surface area contributed by atoms with Gasteiger partial charge in [0.1, 0.15) is 6.29 Å². The average molecular weight is 204 g/mol. The zero-order valence-electron chi connectivity index (χ0n) is 8.76. The molecular formula is C13H16O2. The molecule has 1 heterocycles. The Morgan fingerprint density at radius 1 is 1.33 bits per heavy atom. The zero-order chi connectivity index (χ0) is 10.5. The van der Waals surface area contributed by atoms with Crippen LogP contribution in [0.4, 0.5) is 0 Å². The van der Waals surface area contributed by atoms with Crippen LogP contribution in [-0.4, -0.2) is 19.5 Å². The van der Waals surface area contributed by atoms with Crippen molar-refractivity contribution >= 4 is 6.29 Å². The van der Waals surface area contributed by atoms with E-state index in [0.717, 1.165) is 37.9 Å². The molecule has 1 aromatic carbocycles. The van der Waals surface area contributed by atoms with Crippen LogP contribution in [0.1, 0.15) is 24.3 Å². The van der Waals surface area contributed by atoms with Gasteiger partial charge in [0.25, 0.3) is 0 Å². The van der Waals surface area contributed by atoms with Gasteiger partial charge in [-0.1, -0.05) is 30.3 Å². The Hall–Kier alpha value is -1.15.